The van der Waals surface area contributed by atoms with Gasteiger partial charge >= 0.3 is 0 Å². The lowest BCUT2D eigenvalue weighted by molar-refractivity contribution is 0.121. The van der Waals surface area contributed by atoms with Crippen LogP contribution in [0.5, 0.6) is 11.5 Å². The number of rotatable bonds is 4. The second-order valence-electron chi connectivity index (χ2n) is 4.12. The van der Waals surface area contributed by atoms with E-state index in [-0.39, 0.29) is 6.79 Å². The Kier molecular flexibility index (Phi) is 3.32. The van der Waals surface area contributed by atoms with E-state index in [4.69, 9.17) is 9.47 Å². The lowest BCUT2D eigenvalue weighted by atomic mass is 10.1. The van der Waals surface area contributed by atoms with E-state index in [1.165, 1.54) is 0 Å². The zero-order valence-electron chi connectivity index (χ0n) is 10.4. The molecule has 2 nitrogen and oxygen atoms in total. The molecule has 93 valence electrons. The van der Waals surface area contributed by atoms with Crippen LogP contribution in [0.2, 0.25) is 0 Å². The summed E-state index contributed by atoms with van der Waals surface area (Å²) in [5.74, 6) is 1.61. The third-order valence-corrected chi connectivity index (χ3v) is 2.88. The van der Waals surface area contributed by atoms with E-state index >= 15 is 0 Å². The van der Waals surface area contributed by atoms with Crippen molar-refractivity contribution in [2.24, 2.45) is 0 Å². The first-order valence-corrected chi connectivity index (χ1v) is 6.13. The van der Waals surface area contributed by atoms with E-state index in [0.29, 0.717) is 0 Å². The minimum atomic E-state index is 0.192. The Morgan fingerprint density at radius 3 is 2.47 bits per heavy atom. The molecule has 0 amide bonds. The van der Waals surface area contributed by atoms with E-state index < -0.39 is 0 Å². The fourth-order valence-corrected chi connectivity index (χ4v) is 1.95. The van der Waals surface area contributed by atoms with Crippen LogP contribution in [0.15, 0.2) is 66.7 Å². The van der Waals surface area contributed by atoms with Gasteiger partial charge in [0.15, 0.2) is 0 Å². The number of hydrogen-bond acceptors (Lipinski definition) is 2. The minimum Gasteiger partial charge on any atom is -0.458 e. The Labute approximate surface area is 112 Å². The van der Waals surface area contributed by atoms with Gasteiger partial charge in [-0.05, 0) is 29.7 Å². The summed E-state index contributed by atoms with van der Waals surface area (Å²) in [7, 11) is 0. The number of benzene rings is 3. The molecule has 0 heterocycles. The molecule has 0 fully saturated rings. The van der Waals surface area contributed by atoms with Gasteiger partial charge in [0.25, 0.3) is 0 Å². The Hall–Kier alpha value is -2.48. The Bertz CT molecular complexity index is 657. The van der Waals surface area contributed by atoms with E-state index in [1.54, 1.807) is 0 Å². The third kappa shape index (κ3) is 2.68. The molecule has 3 aromatic rings. The summed E-state index contributed by atoms with van der Waals surface area (Å²) in [5.41, 5.74) is 0. The van der Waals surface area contributed by atoms with Crippen molar-refractivity contribution in [3.8, 4) is 11.5 Å². The van der Waals surface area contributed by atoms with Crippen LogP contribution < -0.4 is 9.47 Å². The van der Waals surface area contributed by atoms with Crippen molar-refractivity contribution >= 4 is 10.8 Å². The lowest BCUT2D eigenvalue weighted by Gasteiger charge is -2.10. The number of hydrogen-bond donors (Lipinski definition) is 0. The van der Waals surface area contributed by atoms with Crippen molar-refractivity contribution < 1.29 is 9.47 Å². The van der Waals surface area contributed by atoms with E-state index in [2.05, 4.69) is 18.2 Å². The maximum atomic E-state index is 5.69. The van der Waals surface area contributed by atoms with Gasteiger partial charge in [-0.15, -0.1) is 0 Å². The van der Waals surface area contributed by atoms with Gasteiger partial charge in [-0.1, -0.05) is 48.5 Å². The van der Waals surface area contributed by atoms with Gasteiger partial charge in [0.2, 0.25) is 6.79 Å². The van der Waals surface area contributed by atoms with Crippen LogP contribution in [0.4, 0.5) is 0 Å². The van der Waals surface area contributed by atoms with Crippen LogP contribution >= 0.6 is 0 Å². The molecule has 1 radical (unpaired) electrons. The first kappa shape index (κ1) is 11.6. The SMILES string of the molecule is [c]1ccc(OCOc2cccc3ccccc23)cc1. The van der Waals surface area contributed by atoms with Gasteiger partial charge in [0.05, 0.1) is 0 Å². The number of ether oxygens (including phenoxy) is 2. The Morgan fingerprint density at radius 1 is 0.789 bits per heavy atom. The smallest absolute Gasteiger partial charge is 0.230 e. The standard InChI is InChI=1S/C17H13O2/c1-2-9-15(10-3-1)18-13-19-17-12-6-8-14-7-4-5-11-16(14)17/h2-12H,13H2. The molecular formula is C17H13O2. The number of fused-ring (bicyclic) bond motifs is 1. The highest BCUT2D eigenvalue weighted by Crippen LogP contribution is 2.25. The summed E-state index contributed by atoms with van der Waals surface area (Å²) in [6.07, 6.45) is 0. The molecule has 2 heteroatoms. The van der Waals surface area contributed by atoms with E-state index in [9.17, 15) is 0 Å². The van der Waals surface area contributed by atoms with Gasteiger partial charge < -0.3 is 9.47 Å². The first-order chi connectivity index (χ1) is 9.43. The monoisotopic (exact) mass is 249 g/mol. The van der Waals surface area contributed by atoms with Crippen LogP contribution in [-0.2, 0) is 0 Å². The quantitative estimate of drug-likeness (QED) is 0.649. The van der Waals surface area contributed by atoms with Gasteiger partial charge in [-0.2, -0.15) is 0 Å². The molecule has 0 aliphatic carbocycles. The van der Waals surface area contributed by atoms with Crippen LogP contribution in [-0.4, -0.2) is 6.79 Å². The fraction of sp³-hybridized carbons (Fsp3) is 0.0588. The molecule has 19 heavy (non-hydrogen) atoms. The third-order valence-electron chi connectivity index (χ3n) is 2.88. The largest absolute Gasteiger partial charge is 0.458 e. The second kappa shape index (κ2) is 5.44. The Morgan fingerprint density at radius 2 is 1.58 bits per heavy atom. The average Bonchev–Trinajstić information content (AvgIpc) is 2.49. The normalized spacial score (nSPS) is 10.3. The van der Waals surface area contributed by atoms with Crippen molar-refractivity contribution in [1.82, 2.24) is 0 Å². The van der Waals surface area contributed by atoms with Crippen LogP contribution in [0.1, 0.15) is 0 Å². The summed E-state index contributed by atoms with van der Waals surface area (Å²) in [5, 5.41) is 2.25. The van der Waals surface area contributed by atoms with Crippen LogP contribution in [0, 0.1) is 6.07 Å². The molecule has 0 aliphatic heterocycles. The molecule has 0 aromatic heterocycles. The average molecular weight is 249 g/mol. The van der Waals surface area contributed by atoms with Crippen molar-refractivity contribution in [3.05, 3.63) is 72.8 Å². The first-order valence-electron chi connectivity index (χ1n) is 6.13. The topological polar surface area (TPSA) is 18.5 Å². The van der Waals surface area contributed by atoms with Crippen molar-refractivity contribution in [2.45, 2.75) is 0 Å². The summed E-state index contributed by atoms with van der Waals surface area (Å²) < 4.78 is 11.2. The van der Waals surface area contributed by atoms with Crippen molar-refractivity contribution in [2.75, 3.05) is 6.79 Å². The molecule has 0 unspecified atom stereocenters. The molecule has 0 saturated heterocycles. The zero-order chi connectivity index (χ0) is 12.9. The van der Waals surface area contributed by atoms with Crippen molar-refractivity contribution in [1.29, 1.82) is 0 Å². The predicted molar refractivity (Wildman–Crippen MR) is 75.3 cm³/mol. The predicted octanol–water partition coefficient (Wildman–Crippen LogP) is 4.06. The van der Waals surface area contributed by atoms with E-state index in [1.807, 2.05) is 54.6 Å². The molecule has 0 aliphatic rings. The van der Waals surface area contributed by atoms with Gasteiger partial charge in [0.1, 0.15) is 11.5 Å². The Balaban J connectivity index is 1.72. The van der Waals surface area contributed by atoms with Gasteiger partial charge in [-0.3, -0.25) is 0 Å². The minimum absolute atomic E-state index is 0.192. The molecule has 3 aromatic carbocycles. The molecule has 0 atom stereocenters. The summed E-state index contributed by atoms with van der Waals surface area (Å²) >= 11 is 0. The highest BCUT2D eigenvalue weighted by atomic mass is 16.7. The molecule has 3 rings (SSSR count). The van der Waals surface area contributed by atoms with Gasteiger partial charge in [0, 0.05) is 5.39 Å². The lowest BCUT2D eigenvalue weighted by Crippen LogP contribution is -2.05. The second-order valence-corrected chi connectivity index (χ2v) is 4.12. The molecule has 0 N–H and O–H groups in total. The molecule has 0 bridgehead atoms. The molecular weight excluding hydrogens is 236 g/mol. The maximum Gasteiger partial charge on any atom is 0.230 e. The summed E-state index contributed by atoms with van der Waals surface area (Å²) in [6.45, 7) is 0.192. The summed E-state index contributed by atoms with van der Waals surface area (Å²) in [6, 6.07) is 24.4. The highest BCUT2D eigenvalue weighted by molar-refractivity contribution is 5.88. The summed E-state index contributed by atoms with van der Waals surface area (Å²) in [4.78, 5) is 0. The van der Waals surface area contributed by atoms with Crippen LogP contribution in [0.25, 0.3) is 10.8 Å². The highest BCUT2D eigenvalue weighted by Gasteiger charge is 2.01. The zero-order valence-corrected chi connectivity index (χ0v) is 10.4. The molecule has 0 spiro atoms. The van der Waals surface area contributed by atoms with Crippen LogP contribution in [0.3, 0.4) is 0 Å². The fourth-order valence-electron chi connectivity index (χ4n) is 1.95. The van der Waals surface area contributed by atoms with E-state index in [0.717, 1.165) is 22.3 Å². The van der Waals surface area contributed by atoms with Crippen molar-refractivity contribution in [3.63, 3.8) is 0 Å². The van der Waals surface area contributed by atoms with Gasteiger partial charge in [-0.25, -0.2) is 0 Å². The maximum absolute atomic E-state index is 5.69. The molecule has 0 saturated carbocycles.